The molecule has 2 heterocycles. The molecule has 0 aliphatic heterocycles. The van der Waals surface area contributed by atoms with Crippen molar-refractivity contribution in [1.82, 2.24) is 14.7 Å². The van der Waals surface area contributed by atoms with Crippen LogP contribution in [0.2, 0.25) is 0 Å². The molecule has 4 aromatic rings. The number of benzene rings is 2. The van der Waals surface area contributed by atoms with Crippen LogP contribution in [0.15, 0.2) is 59.5 Å². The van der Waals surface area contributed by atoms with Crippen LogP contribution in [0.4, 0.5) is 24.5 Å². The van der Waals surface area contributed by atoms with Crippen molar-refractivity contribution >= 4 is 23.2 Å². The average molecular weight is 483 g/mol. The fourth-order valence-electron chi connectivity index (χ4n) is 3.42. The summed E-state index contributed by atoms with van der Waals surface area (Å²) < 4.78 is 46.9. The number of rotatable bonds is 5. The summed E-state index contributed by atoms with van der Waals surface area (Å²) in [6, 6.07) is 9.31. The maximum Gasteiger partial charge on any atom is 0.416 e. The van der Waals surface area contributed by atoms with Crippen LogP contribution in [0.25, 0.3) is 5.69 Å². The Morgan fingerprint density at radius 2 is 1.74 bits per heavy atom. The molecule has 0 unspecified atom stereocenters. The summed E-state index contributed by atoms with van der Waals surface area (Å²) >= 11 is 0. The second-order valence-electron chi connectivity index (χ2n) is 7.93. The number of amides is 2. The van der Waals surface area contributed by atoms with Crippen LogP contribution >= 0.6 is 0 Å². The zero-order valence-corrected chi connectivity index (χ0v) is 18.9. The molecule has 0 fully saturated rings. The van der Waals surface area contributed by atoms with Gasteiger partial charge in [-0.05, 0) is 62.7 Å². The van der Waals surface area contributed by atoms with E-state index in [1.54, 1.807) is 32.9 Å². The molecule has 4 rings (SSSR count). The van der Waals surface area contributed by atoms with Crippen LogP contribution in [-0.4, -0.2) is 26.5 Å². The van der Waals surface area contributed by atoms with E-state index in [2.05, 4.69) is 20.8 Å². The number of imidazole rings is 1. The predicted molar refractivity (Wildman–Crippen MR) is 122 cm³/mol. The van der Waals surface area contributed by atoms with E-state index >= 15 is 0 Å². The molecule has 2 amide bonds. The summed E-state index contributed by atoms with van der Waals surface area (Å²) in [6.45, 7) is 5.07. The molecular formula is C24H20F3N5O3. The fourth-order valence-corrected chi connectivity index (χ4v) is 3.42. The lowest BCUT2D eigenvalue weighted by molar-refractivity contribution is -0.137. The second-order valence-corrected chi connectivity index (χ2v) is 7.93. The molecule has 2 aromatic heterocycles. The number of hydrogen-bond acceptors (Lipinski definition) is 5. The number of nitrogens with zero attached hydrogens (tertiary/aromatic N) is 3. The van der Waals surface area contributed by atoms with Gasteiger partial charge in [0.15, 0.2) is 5.69 Å². The number of aryl methyl sites for hydroxylation is 3. The van der Waals surface area contributed by atoms with Gasteiger partial charge in [0, 0.05) is 40.6 Å². The minimum Gasteiger partial charge on any atom is -0.361 e. The quantitative estimate of drug-likeness (QED) is 0.401. The van der Waals surface area contributed by atoms with Gasteiger partial charge in [-0.1, -0.05) is 5.16 Å². The van der Waals surface area contributed by atoms with Crippen LogP contribution in [0.1, 0.15) is 43.4 Å². The highest BCUT2D eigenvalue weighted by Crippen LogP contribution is 2.32. The number of nitrogens with one attached hydrogen (secondary N) is 2. The summed E-state index contributed by atoms with van der Waals surface area (Å²) in [7, 11) is 0. The fraction of sp³-hybridized carbons (Fsp3) is 0.167. The first-order valence-corrected chi connectivity index (χ1v) is 10.4. The van der Waals surface area contributed by atoms with E-state index in [-0.39, 0.29) is 16.9 Å². The highest BCUT2D eigenvalue weighted by atomic mass is 19.4. The maximum absolute atomic E-state index is 13.5. The third-order valence-electron chi connectivity index (χ3n) is 5.20. The van der Waals surface area contributed by atoms with E-state index in [1.165, 1.54) is 35.3 Å². The highest BCUT2D eigenvalue weighted by molar-refractivity contribution is 6.06. The van der Waals surface area contributed by atoms with Gasteiger partial charge in [-0.25, -0.2) is 4.98 Å². The van der Waals surface area contributed by atoms with Gasteiger partial charge in [0.05, 0.1) is 11.9 Å². The van der Waals surface area contributed by atoms with Crippen molar-refractivity contribution in [3.8, 4) is 5.69 Å². The van der Waals surface area contributed by atoms with Crippen LogP contribution in [0.3, 0.4) is 0 Å². The van der Waals surface area contributed by atoms with Gasteiger partial charge in [0.2, 0.25) is 0 Å². The molecule has 0 atom stereocenters. The Morgan fingerprint density at radius 3 is 2.34 bits per heavy atom. The summed E-state index contributed by atoms with van der Waals surface area (Å²) in [5.41, 5.74) is 1.22. The van der Waals surface area contributed by atoms with E-state index < -0.39 is 23.6 Å². The SMILES string of the molecule is Cc1cc(C(=O)Nc2ccc(NC(=O)c3cc(-n4cncc4C)cc(C(F)(F)F)c3)cc2C)no1. The Bertz CT molecular complexity index is 1420. The Labute approximate surface area is 197 Å². The van der Waals surface area contributed by atoms with Gasteiger partial charge in [0.1, 0.15) is 5.76 Å². The molecule has 2 aromatic carbocycles. The number of aromatic nitrogens is 3. The number of hydrogen-bond donors (Lipinski definition) is 2. The lowest BCUT2D eigenvalue weighted by Crippen LogP contribution is -2.16. The van der Waals surface area contributed by atoms with E-state index in [1.807, 2.05) is 0 Å². The largest absolute Gasteiger partial charge is 0.416 e. The minimum absolute atomic E-state index is 0.118. The van der Waals surface area contributed by atoms with Gasteiger partial charge >= 0.3 is 6.18 Å². The monoisotopic (exact) mass is 483 g/mol. The Kier molecular flexibility index (Phi) is 6.16. The van der Waals surface area contributed by atoms with Crippen LogP contribution in [-0.2, 0) is 6.18 Å². The minimum atomic E-state index is -4.64. The Hall–Kier alpha value is -4.41. The molecule has 0 radical (unpaired) electrons. The Balaban J connectivity index is 1.57. The first kappa shape index (κ1) is 23.7. The topological polar surface area (TPSA) is 102 Å². The number of carbonyl (C=O) groups excluding carboxylic acids is 2. The molecule has 0 aliphatic carbocycles. The number of carbonyl (C=O) groups is 2. The van der Waals surface area contributed by atoms with Gasteiger partial charge in [-0.3, -0.25) is 9.59 Å². The van der Waals surface area contributed by atoms with Gasteiger partial charge in [-0.15, -0.1) is 0 Å². The molecular weight excluding hydrogens is 463 g/mol. The van der Waals surface area contributed by atoms with E-state index in [0.29, 0.717) is 28.4 Å². The second kappa shape index (κ2) is 9.09. The first-order valence-electron chi connectivity index (χ1n) is 10.4. The molecule has 2 N–H and O–H groups in total. The molecule has 0 aliphatic rings. The van der Waals surface area contributed by atoms with Crippen molar-refractivity contribution in [2.45, 2.75) is 26.9 Å². The molecule has 35 heavy (non-hydrogen) atoms. The van der Waals surface area contributed by atoms with Crippen LogP contribution in [0, 0.1) is 20.8 Å². The summed E-state index contributed by atoms with van der Waals surface area (Å²) in [5.74, 6) is -0.691. The van der Waals surface area contributed by atoms with Crippen molar-refractivity contribution in [3.63, 3.8) is 0 Å². The molecule has 0 saturated carbocycles. The average Bonchev–Trinajstić information content (AvgIpc) is 3.42. The molecule has 180 valence electrons. The lowest BCUT2D eigenvalue weighted by atomic mass is 10.1. The molecule has 0 bridgehead atoms. The van der Waals surface area contributed by atoms with Crippen molar-refractivity contribution in [1.29, 1.82) is 0 Å². The third-order valence-corrected chi connectivity index (χ3v) is 5.20. The summed E-state index contributed by atoms with van der Waals surface area (Å²) in [5, 5.41) is 8.96. The highest BCUT2D eigenvalue weighted by Gasteiger charge is 2.32. The van der Waals surface area contributed by atoms with Crippen molar-refractivity contribution in [2.24, 2.45) is 0 Å². The third kappa shape index (κ3) is 5.24. The maximum atomic E-state index is 13.5. The zero-order valence-electron chi connectivity index (χ0n) is 18.9. The normalized spacial score (nSPS) is 11.4. The van der Waals surface area contributed by atoms with Crippen molar-refractivity contribution in [3.05, 3.63) is 88.8 Å². The number of anilines is 2. The summed E-state index contributed by atoms with van der Waals surface area (Å²) in [4.78, 5) is 29.1. The van der Waals surface area contributed by atoms with Gasteiger partial charge < -0.3 is 19.7 Å². The number of alkyl halides is 3. The van der Waals surface area contributed by atoms with Crippen LogP contribution < -0.4 is 10.6 Å². The summed E-state index contributed by atoms with van der Waals surface area (Å²) in [6.07, 6.45) is -1.76. The molecule has 0 spiro atoms. The number of halogens is 3. The van der Waals surface area contributed by atoms with E-state index in [0.717, 1.165) is 12.1 Å². The van der Waals surface area contributed by atoms with Crippen molar-refractivity contribution in [2.75, 3.05) is 10.6 Å². The van der Waals surface area contributed by atoms with Gasteiger partial charge in [0.25, 0.3) is 11.8 Å². The molecule has 0 saturated heterocycles. The predicted octanol–water partition coefficient (Wildman–Crippen LogP) is 5.31. The Morgan fingerprint density at radius 1 is 0.971 bits per heavy atom. The van der Waals surface area contributed by atoms with Gasteiger partial charge in [-0.2, -0.15) is 13.2 Å². The van der Waals surface area contributed by atoms with E-state index in [4.69, 9.17) is 4.52 Å². The zero-order chi connectivity index (χ0) is 25.3. The lowest BCUT2D eigenvalue weighted by Gasteiger charge is -2.14. The van der Waals surface area contributed by atoms with Crippen molar-refractivity contribution < 1.29 is 27.3 Å². The standard InChI is InChI=1S/C24H20F3N5O3/c1-13-6-18(4-5-20(13)30-23(34)21-7-15(3)35-31-21)29-22(33)16-8-17(24(25,26)27)10-19(9-16)32-12-28-11-14(32)2/h4-12H,1-3H3,(H,29,33)(H,30,34). The van der Waals surface area contributed by atoms with E-state index in [9.17, 15) is 22.8 Å². The molecule has 11 heteroatoms. The smallest absolute Gasteiger partial charge is 0.361 e. The molecule has 8 nitrogen and oxygen atoms in total. The van der Waals surface area contributed by atoms with Crippen LogP contribution in [0.5, 0.6) is 0 Å². The first-order chi connectivity index (χ1) is 16.5.